The molecule has 0 spiro atoms. The fraction of sp³-hybridized carbons (Fsp3) is 1.00. The molecule has 0 aromatic heterocycles. The quantitative estimate of drug-likeness (QED) is 0.735. The van der Waals surface area contributed by atoms with Gasteiger partial charge in [0.2, 0.25) is 0 Å². The smallest absolute Gasteiger partial charge is 0.330 e. The van der Waals surface area contributed by atoms with E-state index in [0.29, 0.717) is 13.1 Å². The Balaban J connectivity index is 2.21. The molecule has 2 nitrogen and oxygen atoms in total. The predicted molar refractivity (Wildman–Crippen MR) is 44.3 cm³/mol. The standard InChI is InChI=1S/C8H15F3N2/c9-8(10,11)6-13-5-3-7(13)2-1-4-12/h7H,1-6,12H2. The monoisotopic (exact) mass is 196 g/mol. The van der Waals surface area contributed by atoms with E-state index in [1.54, 1.807) is 0 Å². The van der Waals surface area contributed by atoms with Gasteiger partial charge in [0.15, 0.2) is 0 Å². The zero-order valence-corrected chi connectivity index (χ0v) is 7.48. The van der Waals surface area contributed by atoms with Gasteiger partial charge in [0, 0.05) is 12.6 Å². The third kappa shape index (κ3) is 3.52. The van der Waals surface area contributed by atoms with Gasteiger partial charge in [-0.15, -0.1) is 0 Å². The van der Waals surface area contributed by atoms with E-state index < -0.39 is 12.7 Å². The molecule has 1 atom stereocenters. The highest BCUT2D eigenvalue weighted by molar-refractivity contribution is 4.84. The second-order valence-corrected chi connectivity index (χ2v) is 3.46. The molecule has 1 rings (SSSR count). The van der Waals surface area contributed by atoms with Gasteiger partial charge in [-0.2, -0.15) is 13.2 Å². The van der Waals surface area contributed by atoms with Gasteiger partial charge in [0.25, 0.3) is 0 Å². The van der Waals surface area contributed by atoms with E-state index in [0.717, 1.165) is 19.3 Å². The van der Waals surface area contributed by atoms with Gasteiger partial charge in [-0.05, 0) is 25.8 Å². The highest BCUT2D eigenvalue weighted by atomic mass is 19.4. The summed E-state index contributed by atoms with van der Waals surface area (Å²) in [6.45, 7) is 0.382. The maximum absolute atomic E-state index is 12.0. The van der Waals surface area contributed by atoms with Crippen molar-refractivity contribution in [2.45, 2.75) is 31.5 Å². The van der Waals surface area contributed by atoms with Crippen molar-refractivity contribution in [3.63, 3.8) is 0 Å². The van der Waals surface area contributed by atoms with Crippen LogP contribution in [0.4, 0.5) is 13.2 Å². The SMILES string of the molecule is NCCCC1CCN1CC(F)(F)F. The van der Waals surface area contributed by atoms with Crippen LogP contribution in [-0.4, -0.2) is 36.8 Å². The lowest BCUT2D eigenvalue weighted by molar-refractivity contribution is -0.162. The maximum Gasteiger partial charge on any atom is 0.401 e. The van der Waals surface area contributed by atoms with Gasteiger partial charge in [-0.25, -0.2) is 0 Å². The van der Waals surface area contributed by atoms with Crippen molar-refractivity contribution in [1.82, 2.24) is 4.90 Å². The Bertz CT molecular complexity index is 158. The molecular formula is C8H15F3N2. The molecule has 1 aliphatic rings. The van der Waals surface area contributed by atoms with E-state index >= 15 is 0 Å². The van der Waals surface area contributed by atoms with E-state index in [2.05, 4.69) is 0 Å². The van der Waals surface area contributed by atoms with Crippen molar-refractivity contribution >= 4 is 0 Å². The number of likely N-dealkylation sites (tertiary alicyclic amines) is 1. The first-order valence-electron chi connectivity index (χ1n) is 4.54. The highest BCUT2D eigenvalue weighted by Gasteiger charge is 2.37. The lowest BCUT2D eigenvalue weighted by atomic mass is 9.98. The van der Waals surface area contributed by atoms with Crippen LogP contribution in [0, 0.1) is 0 Å². The number of hydrogen-bond donors (Lipinski definition) is 1. The normalized spacial score (nSPS) is 24.5. The topological polar surface area (TPSA) is 29.3 Å². The molecule has 78 valence electrons. The minimum Gasteiger partial charge on any atom is -0.330 e. The number of halogens is 3. The Morgan fingerprint density at radius 2 is 2.08 bits per heavy atom. The summed E-state index contributed by atoms with van der Waals surface area (Å²) >= 11 is 0. The molecule has 0 amide bonds. The van der Waals surface area contributed by atoms with Crippen LogP contribution in [0.25, 0.3) is 0 Å². The molecule has 0 bridgehead atoms. The molecule has 1 heterocycles. The van der Waals surface area contributed by atoms with Gasteiger partial charge < -0.3 is 5.73 Å². The molecular weight excluding hydrogens is 181 g/mol. The Labute approximate surface area is 75.9 Å². The molecule has 2 N–H and O–H groups in total. The van der Waals surface area contributed by atoms with Gasteiger partial charge in [0.1, 0.15) is 0 Å². The third-order valence-electron chi connectivity index (χ3n) is 2.39. The Hall–Kier alpha value is -0.290. The molecule has 0 aliphatic carbocycles. The number of alkyl halides is 3. The van der Waals surface area contributed by atoms with Gasteiger partial charge >= 0.3 is 6.18 Å². The zero-order chi connectivity index (χ0) is 9.90. The summed E-state index contributed by atoms with van der Waals surface area (Å²) in [6, 6.07) is 0.116. The summed E-state index contributed by atoms with van der Waals surface area (Å²) in [5.74, 6) is 0. The van der Waals surface area contributed by atoms with Crippen LogP contribution < -0.4 is 5.73 Å². The van der Waals surface area contributed by atoms with Gasteiger partial charge in [-0.3, -0.25) is 4.90 Å². The number of nitrogens with two attached hydrogens (primary N) is 1. The first-order valence-corrected chi connectivity index (χ1v) is 4.54. The summed E-state index contributed by atoms with van der Waals surface area (Å²) in [4.78, 5) is 1.48. The fourth-order valence-corrected chi connectivity index (χ4v) is 1.61. The number of rotatable bonds is 4. The molecule has 1 unspecified atom stereocenters. The van der Waals surface area contributed by atoms with E-state index in [-0.39, 0.29) is 6.04 Å². The Kier molecular flexibility index (Phi) is 3.55. The Morgan fingerprint density at radius 3 is 2.46 bits per heavy atom. The minimum atomic E-state index is -4.05. The van der Waals surface area contributed by atoms with Crippen molar-refractivity contribution in [1.29, 1.82) is 0 Å². The second-order valence-electron chi connectivity index (χ2n) is 3.46. The summed E-state index contributed by atoms with van der Waals surface area (Å²) in [5.41, 5.74) is 5.29. The molecule has 1 fully saturated rings. The first kappa shape index (κ1) is 10.8. The molecule has 0 aromatic rings. The number of nitrogens with zero attached hydrogens (tertiary/aromatic N) is 1. The summed E-state index contributed by atoms with van der Waals surface area (Å²) in [6.07, 6.45) is -1.55. The summed E-state index contributed by atoms with van der Waals surface area (Å²) < 4.78 is 35.9. The largest absolute Gasteiger partial charge is 0.401 e. The fourth-order valence-electron chi connectivity index (χ4n) is 1.61. The van der Waals surface area contributed by atoms with Gasteiger partial charge in [-0.1, -0.05) is 0 Å². The van der Waals surface area contributed by atoms with Crippen LogP contribution in [0.1, 0.15) is 19.3 Å². The van der Waals surface area contributed by atoms with Crippen molar-refractivity contribution in [3.8, 4) is 0 Å². The number of hydrogen-bond acceptors (Lipinski definition) is 2. The zero-order valence-electron chi connectivity index (χ0n) is 7.48. The maximum atomic E-state index is 12.0. The van der Waals surface area contributed by atoms with Crippen LogP contribution in [0.2, 0.25) is 0 Å². The highest BCUT2D eigenvalue weighted by Crippen LogP contribution is 2.26. The average molecular weight is 196 g/mol. The first-order chi connectivity index (χ1) is 6.03. The van der Waals surface area contributed by atoms with Crippen LogP contribution in [0.5, 0.6) is 0 Å². The molecule has 13 heavy (non-hydrogen) atoms. The minimum absolute atomic E-state index is 0.116. The lowest BCUT2D eigenvalue weighted by Crippen LogP contribution is -2.51. The Morgan fingerprint density at radius 1 is 1.38 bits per heavy atom. The van der Waals surface area contributed by atoms with Crippen molar-refractivity contribution in [2.24, 2.45) is 5.73 Å². The van der Waals surface area contributed by atoms with Crippen molar-refractivity contribution in [2.75, 3.05) is 19.6 Å². The van der Waals surface area contributed by atoms with Crippen LogP contribution in [0.3, 0.4) is 0 Å². The predicted octanol–water partition coefficient (Wildman–Crippen LogP) is 1.36. The van der Waals surface area contributed by atoms with E-state index in [1.807, 2.05) is 0 Å². The van der Waals surface area contributed by atoms with Crippen molar-refractivity contribution in [3.05, 3.63) is 0 Å². The van der Waals surface area contributed by atoms with Gasteiger partial charge in [0.05, 0.1) is 6.54 Å². The van der Waals surface area contributed by atoms with E-state index in [4.69, 9.17) is 5.73 Å². The molecule has 0 aromatic carbocycles. The molecule has 5 heteroatoms. The van der Waals surface area contributed by atoms with Crippen LogP contribution >= 0.6 is 0 Å². The van der Waals surface area contributed by atoms with E-state index in [1.165, 1.54) is 4.90 Å². The molecule has 1 saturated heterocycles. The van der Waals surface area contributed by atoms with Crippen LogP contribution in [-0.2, 0) is 0 Å². The molecule has 0 saturated carbocycles. The van der Waals surface area contributed by atoms with Crippen molar-refractivity contribution < 1.29 is 13.2 Å². The lowest BCUT2D eigenvalue weighted by Gasteiger charge is -2.41. The van der Waals surface area contributed by atoms with E-state index in [9.17, 15) is 13.2 Å². The molecule has 0 radical (unpaired) electrons. The third-order valence-corrected chi connectivity index (χ3v) is 2.39. The summed E-state index contributed by atoms with van der Waals surface area (Å²) in [7, 11) is 0. The summed E-state index contributed by atoms with van der Waals surface area (Å²) in [5, 5.41) is 0. The second kappa shape index (κ2) is 4.28. The molecule has 1 aliphatic heterocycles. The average Bonchev–Trinajstić information content (AvgIpc) is 1.98. The van der Waals surface area contributed by atoms with Crippen LogP contribution in [0.15, 0.2) is 0 Å².